The average molecular weight is 288 g/mol. The van der Waals surface area contributed by atoms with Crippen LogP contribution in [0.4, 0.5) is 0 Å². The molecule has 0 aliphatic carbocycles. The molecule has 2 rings (SSSR count). The number of ether oxygens (including phenoxy) is 1. The van der Waals surface area contributed by atoms with Crippen molar-refractivity contribution in [1.29, 1.82) is 0 Å². The van der Waals surface area contributed by atoms with Gasteiger partial charge >= 0.3 is 0 Å². The number of aromatic nitrogens is 2. The number of amides is 1. The van der Waals surface area contributed by atoms with Crippen LogP contribution in [0.15, 0.2) is 35.1 Å². The second-order valence-electron chi connectivity index (χ2n) is 4.30. The number of hydrogen-bond acceptors (Lipinski definition) is 5. The second kappa shape index (κ2) is 6.19. The van der Waals surface area contributed by atoms with E-state index in [1.54, 1.807) is 12.1 Å². The van der Waals surface area contributed by atoms with Crippen molar-refractivity contribution in [1.82, 2.24) is 15.2 Å². The molecule has 0 spiro atoms. The summed E-state index contributed by atoms with van der Waals surface area (Å²) >= 11 is 0. The molecular formula is C14H16N4O3. The lowest BCUT2D eigenvalue weighted by atomic mass is 10.1. The summed E-state index contributed by atoms with van der Waals surface area (Å²) in [6, 6.07) is 8.63. The molecule has 0 saturated heterocycles. The van der Waals surface area contributed by atoms with Crippen LogP contribution in [0, 0.1) is 0 Å². The third-order valence-electron chi connectivity index (χ3n) is 2.90. The lowest BCUT2D eigenvalue weighted by Crippen LogP contribution is -2.36. The van der Waals surface area contributed by atoms with Gasteiger partial charge in [-0.15, -0.1) is 0 Å². The molecule has 0 aliphatic rings. The third-order valence-corrected chi connectivity index (χ3v) is 2.90. The Hall–Kier alpha value is -2.67. The van der Waals surface area contributed by atoms with Gasteiger partial charge in [0.25, 0.3) is 11.5 Å². The highest BCUT2D eigenvalue weighted by Gasteiger charge is 2.14. The normalized spacial score (nSPS) is 10.2. The minimum absolute atomic E-state index is 0.0566. The molecule has 0 atom stereocenters. The molecule has 1 aromatic heterocycles. The highest BCUT2D eigenvalue weighted by Crippen LogP contribution is 2.20. The third kappa shape index (κ3) is 3.09. The maximum atomic E-state index is 11.9. The predicted octanol–water partition coefficient (Wildman–Crippen LogP) is 0.449. The van der Waals surface area contributed by atoms with Crippen LogP contribution < -0.4 is 21.6 Å². The Kier molecular flexibility index (Phi) is 4.34. The number of aryl methyl sites for hydroxylation is 1. The van der Waals surface area contributed by atoms with Crippen molar-refractivity contribution >= 4 is 5.91 Å². The monoisotopic (exact) mass is 288 g/mol. The van der Waals surface area contributed by atoms with Crippen molar-refractivity contribution < 1.29 is 9.53 Å². The number of rotatable bonds is 4. The molecule has 0 unspecified atom stereocenters. The predicted molar refractivity (Wildman–Crippen MR) is 77.7 cm³/mol. The van der Waals surface area contributed by atoms with Gasteiger partial charge in [-0.1, -0.05) is 0 Å². The van der Waals surface area contributed by atoms with Gasteiger partial charge in [0, 0.05) is 12.6 Å². The lowest BCUT2D eigenvalue weighted by molar-refractivity contribution is 0.0951. The van der Waals surface area contributed by atoms with Gasteiger partial charge in [0.05, 0.1) is 12.3 Å². The number of hydrazine groups is 1. The van der Waals surface area contributed by atoms with Crippen LogP contribution in [0.3, 0.4) is 0 Å². The highest BCUT2D eigenvalue weighted by molar-refractivity contribution is 5.94. The molecule has 0 radical (unpaired) electrons. The average Bonchev–Trinajstić information content (AvgIpc) is 2.50. The molecule has 1 aromatic carbocycles. The van der Waals surface area contributed by atoms with E-state index in [0.29, 0.717) is 12.3 Å². The summed E-state index contributed by atoms with van der Waals surface area (Å²) in [7, 11) is 1.48. The van der Waals surface area contributed by atoms with Gasteiger partial charge in [-0.2, -0.15) is 5.10 Å². The highest BCUT2D eigenvalue weighted by atomic mass is 16.5. The van der Waals surface area contributed by atoms with Crippen LogP contribution in [-0.2, 0) is 7.05 Å². The van der Waals surface area contributed by atoms with Gasteiger partial charge in [0.1, 0.15) is 11.3 Å². The Balaban J connectivity index is 2.46. The summed E-state index contributed by atoms with van der Waals surface area (Å²) in [6.07, 6.45) is 0. The van der Waals surface area contributed by atoms with E-state index in [1.165, 1.54) is 13.1 Å². The van der Waals surface area contributed by atoms with Crippen LogP contribution in [0.1, 0.15) is 17.3 Å². The minimum Gasteiger partial charge on any atom is -0.494 e. The van der Waals surface area contributed by atoms with Crippen molar-refractivity contribution in [3.63, 3.8) is 0 Å². The van der Waals surface area contributed by atoms with E-state index in [1.807, 2.05) is 24.5 Å². The number of hydrogen-bond donors (Lipinski definition) is 2. The van der Waals surface area contributed by atoms with Crippen LogP contribution in [0.2, 0.25) is 0 Å². The Morgan fingerprint density at radius 1 is 1.38 bits per heavy atom. The summed E-state index contributed by atoms with van der Waals surface area (Å²) in [4.78, 5) is 23.5. The topological polar surface area (TPSA) is 99.2 Å². The number of nitrogens with zero attached hydrogens (tertiary/aromatic N) is 2. The van der Waals surface area contributed by atoms with Crippen molar-refractivity contribution in [2.45, 2.75) is 6.92 Å². The van der Waals surface area contributed by atoms with Gasteiger partial charge in [-0.05, 0) is 37.3 Å². The maximum absolute atomic E-state index is 11.9. The Morgan fingerprint density at radius 3 is 2.62 bits per heavy atom. The first-order chi connectivity index (χ1) is 10.1. The number of carbonyl (C=O) groups is 1. The SMILES string of the molecule is CCOc1ccc(-c2cc(C(=O)NN)c(=O)n(C)n2)cc1. The van der Waals surface area contributed by atoms with Gasteiger partial charge in [-0.3, -0.25) is 15.0 Å². The molecule has 21 heavy (non-hydrogen) atoms. The van der Waals surface area contributed by atoms with Gasteiger partial charge in [0.2, 0.25) is 0 Å². The smallest absolute Gasteiger partial charge is 0.279 e. The molecule has 7 nitrogen and oxygen atoms in total. The zero-order valence-corrected chi connectivity index (χ0v) is 11.8. The van der Waals surface area contributed by atoms with Crippen LogP contribution in [-0.4, -0.2) is 22.3 Å². The standard InChI is InChI=1S/C14H16N4O3/c1-3-21-10-6-4-9(5-7-10)12-8-11(13(19)16-15)14(20)18(2)17-12/h4-8H,3,15H2,1-2H3,(H,16,19). The molecule has 0 aliphatic heterocycles. The quantitative estimate of drug-likeness (QED) is 0.483. The summed E-state index contributed by atoms with van der Waals surface area (Å²) in [5, 5.41) is 4.14. The Morgan fingerprint density at radius 2 is 2.05 bits per heavy atom. The first kappa shape index (κ1) is 14.7. The van der Waals surface area contributed by atoms with Gasteiger partial charge in [-0.25, -0.2) is 10.5 Å². The van der Waals surface area contributed by atoms with Gasteiger partial charge < -0.3 is 4.74 Å². The van der Waals surface area contributed by atoms with E-state index in [4.69, 9.17) is 10.6 Å². The number of nitrogens with one attached hydrogen (secondary N) is 1. The van der Waals surface area contributed by atoms with Crippen LogP contribution in [0.25, 0.3) is 11.3 Å². The van der Waals surface area contributed by atoms with Crippen molar-refractivity contribution in [3.05, 3.63) is 46.2 Å². The largest absolute Gasteiger partial charge is 0.494 e. The molecule has 1 amide bonds. The summed E-state index contributed by atoms with van der Waals surface area (Å²) in [5.41, 5.74) is 2.65. The maximum Gasteiger partial charge on any atom is 0.279 e. The van der Waals surface area contributed by atoms with Crippen LogP contribution in [0.5, 0.6) is 5.75 Å². The van der Waals surface area contributed by atoms with E-state index in [9.17, 15) is 9.59 Å². The zero-order valence-electron chi connectivity index (χ0n) is 11.8. The van der Waals surface area contributed by atoms with E-state index in [-0.39, 0.29) is 5.56 Å². The Bertz CT molecular complexity index is 707. The lowest BCUT2D eigenvalue weighted by Gasteiger charge is -2.08. The first-order valence-electron chi connectivity index (χ1n) is 6.39. The number of nitrogen functional groups attached to an aromatic ring is 1. The first-order valence-corrected chi connectivity index (χ1v) is 6.39. The van der Waals surface area contributed by atoms with E-state index >= 15 is 0 Å². The summed E-state index contributed by atoms with van der Waals surface area (Å²) in [5.74, 6) is 5.17. The molecule has 110 valence electrons. The van der Waals surface area contributed by atoms with Crippen molar-refractivity contribution in [3.8, 4) is 17.0 Å². The van der Waals surface area contributed by atoms with Gasteiger partial charge in [0.15, 0.2) is 0 Å². The van der Waals surface area contributed by atoms with E-state index in [0.717, 1.165) is 16.0 Å². The summed E-state index contributed by atoms with van der Waals surface area (Å²) in [6.45, 7) is 2.48. The summed E-state index contributed by atoms with van der Waals surface area (Å²) < 4.78 is 6.47. The molecular weight excluding hydrogens is 272 g/mol. The molecule has 0 saturated carbocycles. The van der Waals surface area contributed by atoms with E-state index in [2.05, 4.69) is 5.10 Å². The van der Waals surface area contributed by atoms with Crippen molar-refractivity contribution in [2.24, 2.45) is 12.9 Å². The molecule has 0 fully saturated rings. The minimum atomic E-state index is -0.648. The van der Waals surface area contributed by atoms with E-state index < -0.39 is 11.5 Å². The van der Waals surface area contributed by atoms with Crippen LogP contribution >= 0.6 is 0 Å². The fourth-order valence-corrected chi connectivity index (χ4v) is 1.88. The molecule has 2 aromatic rings. The number of benzene rings is 1. The Labute approximate surface area is 121 Å². The molecule has 7 heteroatoms. The molecule has 0 bridgehead atoms. The van der Waals surface area contributed by atoms with Crippen molar-refractivity contribution in [2.75, 3.05) is 6.61 Å². The second-order valence-corrected chi connectivity index (χ2v) is 4.30. The fourth-order valence-electron chi connectivity index (χ4n) is 1.88. The molecule has 1 heterocycles. The number of carbonyl (C=O) groups excluding carboxylic acids is 1. The zero-order chi connectivity index (χ0) is 15.4. The molecule has 3 N–H and O–H groups in total. The fraction of sp³-hybridized carbons (Fsp3) is 0.214. The number of nitrogens with two attached hydrogens (primary N) is 1.